The van der Waals surface area contributed by atoms with Gasteiger partial charge in [0.25, 0.3) is 11.8 Å². The molecule has 2 aromatic carbocycles. The quantitative estimate of drug-likeness (QED) is 0.305. The van der Waals surface area contributed by atoms with E-state index < -0.39 is 12.1 Å². The highest BCUT2D eigenvalue weighted by Gasteiger charge is 2.37. The lowest BCUT2D eigenvalue weighted by Crippen LogP contribution is -2.58. The molecule has 0 saturated carbocycles. The summed E-state index contributed by atoms with van der Waals surface area (Å²) < 4.78 is 22.5. The fraction of sp³-hybridized carbons (Fsp3) is 0.500. The fourth-order valence-electron chi connectivity index (χ4n) is 6.18. The summed E-state index contributed by atoms with van der Waals surface area (Å²) in [6, 6.07) is 12.0. The van der Waals surface area contributed by atoms with Crippen LogP contribution in [0.4, 0.5) is 10.1 Å². The number of hydrogen-bond donors (Lipinski definition) is 0. The van der Waals surface area contributed by atoms with Gasteiger partial charge in [-0.15, -0.1) is 5.10 Å². The van der Waals surface area contributed by atoms with Crippen LogP contribution in [0, 0.1) is 12.7 Å². The van der Waals surface area contributed by atoms with Gasteiger partial charge in [0.15, 0.2) is 6.10 Å². The molecule has 1 aromatic heterocycles. The number of ether oxygens (including phenoxy) is 1. The number of nitrogens with zero attached hydrogens (tertiary/aromatic N) is 6. The number of hydrogen-bond acceptors (Lipinski definition) is 6. The Labute approximate surface area is 261 Å². The predicted molar refractivity (Wildman–Crippen MR) is 166 cm³/mol. The van der Waals surface area contributed by atoms with Crippen molar-refractivity contribution in [2.45, 2.75) is 77.7 Å². The monoisotopic (exact) mass is 654 g/mol. The van der Waals surface area contributed by atoms with E-state index in [4.69, 9.17) is 4.74 Å². The molecule has 2 unspecified atom stereocenters. The molecule has 5 rings (SSSR count). The largest absolute Gasteiger partial charge is 0.364 e. The number of carbonyl (C=O) groups excluding carboxylic acids is 2. The van der Waals surface area contributed by atoms with E-state index in [0.29, 0.717) is 43.9 Å². The third-order valence-electron chi connectivity index (χ3n) is 8.41. The van der Waals surface area contributed by atoms with Gasteiger partial charge in [0, 0.05) is 55.0 Å². The van der Waals surface area contributed by atoms with Crippen LogP contribution in [0.25, 0.3) is 0 Å². The first-order chi connectivity index (χ1) is 20.7. The van der Waals surface area contributed by atoms with Crippen LogP contribution >= 0.6 is 15.9 Å². The van der Waals surface area contributed by atoms with Crippen LogP contribution in [0.3, 0.4) is 0 Å². The van der Waals surface area contributed by atoms with Gasteiger partial charge in [-0.05, 0) is 87.6 Å². The maximum atomic E-state index is 13.8. The van der Waals surface area contributed by atoms with E-state index in [0.717, 1.165) is 35.1 Å². The first-order valence-electron chi connectivity index (χ1n) is 15.1. The smallest absolute Gasteiger partial charge is 0.256 e. The second kappa shape index (κ2) is 13.7. The average molecular weight is 656 g/mol. The summed E-state index contributed by atoms with van der Waals surface area (Å²) in [5.74, 6) is -0.404. The fourth-order valence-corrected chi connectivity index (χ4v) is 6.45. The summed E-state index contributed by atoms with van der Waals surface area (Å²) in [6.07, 6.45) is 3.50. The van der Waals surface area contributed by atoms with Crippen LogP contribution < -0.4 is 4.90 Å². The van der Waals surface area contributed by atoms with Gasteiger partial charge >= 0.3 is 0 Å². The SMILES string of the molecule is CCCOC(C(=O)N1C[C@@H](C)N(Cc2cn(C3CCCN(c4ccc(Br)cc4)C3=O)nn2)[C@@H](C)C1)c1ccc(F)cc1C. The van der Waals surface area contributed by atoms with Crippen molar-refractivity contribution < 1.29 is 18.7 Å². The molecule has 43 heavy (non-hydrogen) atoms. The third-order valence-corrected chi connectivity index (χ3v) is 8.94. The van der Waals surface area contributed by atoms with Gasteiger partial charge in [0.05, 0.1) is 11.9 Å². The van der Waals surface area contributed by atoms with Gasteiger partial charge in [0.1, 0.15) is 11.9 Å². The molecule has 2 fully saturated rings. The maximum Gasteiger partial charge on any atom is 0.256 e. The van der Waals surface area contributed by atoms with Gasteiger partial charge in [-0.1, -0.05) is 34.1 Å². The highest BCUT2D eigenvalue weighted by atomic mass is 79.9. The molecule has 3 heterocycles. The van der Waals surface area contributed by atoms with Crippen LogP contribution in [0.5, 0.6) is 0 Å². The molecule has 0 radical (unpaired) electrons. The molecule has 230 valence electrons. The van der Waals surface area contributed by atoms with Crippen molar-refractivity contribution in [2.75, 3.05) is 31.1 Å². The Bertz CT molecular complexity index is 1420. The number of aryl methyl sites for hydroxylation is 1. The van der Waals surface area contributed by atoms with Crippen molar-refractivity contribution in [2.24, 2.45) is 0 Å². The van der Waals surface area contributed by atoms with E-state index in [-0.39, 0.29) is 29.7 Å². The lowest BCUT2D eigenvalue weighted by molar-refractivity contribution is -0.149. The van der Waals surface area contributed by atoms with E-state index in [1.165, 1.54) is 12.1 Å². The van der Waals surface area contributed by atoms with Crippen molar-refractivity contribution >= 4 is 33.4 Å². The number of amides is 2. The number of anilines is 1. The normalized spacial score (nSPS) is 22.2. The van der Waals surface area contributed by atoms with Crippen molar-refractivity contribution in [3.8, 4) is 0 Å². The molecule has 0 aliphatic carbocycles. The van der Waals surface area contributed by atoms with Crippen molar-refractivity contribution in [1.29, 1.82) is 0 Å². The Morgan fingerprint density at radius 3 is 2.53 bits per heavy atom. The summed E-state index contributed by atoms with van der Waals surface area (Å²) in [5.41, 5.74) is 3.08. The second-order valence-electron chi connectivity index (χ2n) is 11.7. The topological polar surface area (TPSA) is 83.8 Å². The minimum Gasteiger partial charge on any atom is -0.364 e. The second-order valence-corrected chi connectivity index (χ2v) is 12.6. The number of piperazine rings is 1. The molecule has 2 saturated heterocycles. The summed E-state index contributed by atoms with van der Waals surface area (Å²) in [5, 5.41) is 8.80. The van der Waals surface area contributed by atoms with Crippen molar-refractivity contribution in [1.82, 2.24) is 24.8 Å². The number of aromatic nitrogens is 3. The van der Waals surface area contributed by atoms with Gasteiger partial charge < -0.3 is 14.5 Å². The molecule has 0 spiro atoms. The molecular formula is C32H40BrFN6O3. The van der Waals surface area contributed by atoms with E-state index in [2.05, 4.69) is 45.0 Å². The van der Waals surface area contributed by atoms with Crippen molar-refractivity contribution in [3.63, 3.8) is 0 Å². The molecule has 2 aliphatic rings. The lowest BCUT2D eigenvalue weighted by Gasteiger charge is -2.45. The Balaban J connectivity index is 1.24. The minimum atomic E-state index is -0.767. The number of piperidine rings is 1. The highest BCUT2D eigenvalue weighted by Crippen LogP contribution is 2.30. The molecule has 4 atom stereocenters. The molecule has 0 N–H and O–H groups in total. The lowest BCUT2D eigenvalue weighted by atomic mass is 10.00. The minimum absolute atomic E-state index is 0.0233. The van der Waals surface area contributed by atoms with Crippen molar-refractivity contribution in [3.05, 3.63) is 75.8 Å². The Hall–Kier alpha value is -3.15. The Morgan fingerprint density at radius 1 is 1.14 bits per heavy atom. The number of halogens is 2. The molecule has 11 heteroatoms. The standard InChI is InChI=1S/C32H40BrFN6O3/c1-5-15-43-30(28-13-10-25(34)16-21(28)2)32(42)37-17-22(3)39(23(4)18-37)19-26-20-40(36-35-26)29-7-6-14-38(31(29)41)27-11-8-24(33)9-12-27/h8-13,16,20,22-23,29-30H,5-7,14-15,17-19H2,1-4H3/t22-,23+,29?,30?. The third kappa shape index (κ3) is 6.99. The summed E-state index contributed by atoms with van der Waals surface area (Å²) >= 11 is 3.46. The zero-order chi connectivity index (χ0) is 30.7. The van der Waals surface area contributed by atoms with Crippen LogP contribution in [0.2, 0.25) is 0 Å². The molecule has 2 amide bonds. The summed E-state index contributed by atoms with van der Waals surface area (Å²) in [4.78, 5) is 33.2. The number of benzene rings is 2. The highest BCUT2D eigenvalue weighted by molar-refractivity contribution is 9.10. The van der Waals surface area contributed by atoms with E-state index in [1.54, 1.807) is 10.7 Å². The van der Waals surface area contributed by atoms with Crippen LogP contribution in [-0.4, -0.2) is 74.9 Å². The van der Waals surface area contributed by atoms with Crippen LogP contribution in [0.15, 0.2) is 53.1 Å². The molecular weight excluding hydrogens is 615 g/mol. The van der Waals surface area contributed by atoms with Gasteiger partial charge in [0.2, 0.25) is 0 Å². The first-order valence-corrected chi connectivity index (χ1v) is 15.8. The maximum absolute atomic E-state index is 13.8. The van der Waals surface area contributed by atoms with Crippen LogP contribution in [-0.2, 0) is 20.9 Å². The van der Waals surface area contributed by atoms with E-state index >= 15 is 0 Å². The Kier molecular flexibility index (Phi) is 9.93. The predicted octanol–water partition coefficient (Wildman–Crippen LogP) is 5.45. The number of carbonyl (C=O) groups is 2. The molecule has 3 aromatic rings. The van der Waals surface area contributed by atoms with Crippen LogP contribution in [0.1, 0.15) is 69.0 Å². The van der Waals surface area contributed by atoms with Gasteiger partial charge in [-0.2, -0.15) is 0 Å². The summed E-state index contributed by atoms with van der Waals surface area (Å²) in [6.45, 7) is 10.8. The van der Waals surface area contributed by atoms with E-state index in [1.807, 2.05) is 54.1 Å². The van der Waals surface area contributed by atoms with E-state index in [9.17, 15) is 14.0 Å². The zero-order valence-corrected chi connectivity index (χ0v) is 26.8. The summed E-state index contributed by atoms with van der Waals surface area (Å²) in [7, 11) is 0. The first kappa shape index (κ1) is 31.3. The number of rotatable bonds is 9. The molecule has 2 aliphatic heterocycles. The Morgan fingerprint density at radius 2 is 1.86 bits per heavy atom. The zero-order valence-electron chi connectivity index (χ0n) is 25.2. The molecule has 0 bridgehead atoms. The molecule has 9 nitrogen and oxygen atoms in total. The van der Waals surface area contributed by atoms with Gasteiger partial charge in [-0.3, -0.25) is 14.5 Å². The van der Waals surface area contributed by atoms with Gasteiger partial charge in [-0.25, -0.2) is 9.07 Å². The average Bonchev–Trinajstić information content (AvgIpc) is 3.45.